The van der Waals surface area contributed by atoms with E-state index in [4.69, 9.17) is 4.74 Å². The van der Waals surface area contributed by atoms with Gasteiger partial charge in [0.1, 0.15) is 5.75 Å². The Morgan fingerprint density at radius 1 is 1.12 bits per heavy atom. The van der Waals surface area contributed by atoms with Gasteiger partial charge in [-0.15, -0.1) is 0 Å². The minimum Gasteiger partial charge on any atom is -0.496 e. The topological polar surface area (TPSA) is 50.4 Å². The molecule has 0 radical (unpaired) electrons. The second-order valence-electron chi connectivity index (χ2n) is 7.28. The highest BCUT2D eigenvalue weighted by molar-refractivity contribution is 5.74. The molecule has 1 aromatic carbocycles. The molecule has 1 aromatic rings. The van der Waals surface area contributed by atoms with E-state index in [1.165, 1.54) is 24.8 Å². The van der Waals surface area contributed by atoms with Gasteiger partial charge in [-0.05, 0) is 61.4 Å². The number of ether oxygens (including phenoxy) is 1. The van der Waals surface area contributed by atoms with Crippen LogP contribution in [0.15, 0.2) is 12.1 Å². The molecule has 1 aliphatic rings. The summed E-state index contributed by atoms with van der Waals surface area (Å²) in [6.45, 7) is 8.42. The van der Waals surface area contributed by atoms with Gasteiger partial charge in [-0.1, -0.05) is 33.1 Å². The number of carbonyl (C=O) groups excluding carboxylic acids is 1. The molecule has 0 saturated heterocycles. The number of rotatable bonds is 5. The molecule has 0 spiro atoms. The standard InChI is InChI=1S/C20H32N2O2/c1-13(2)17-12-18(14(3)11-19(17)24-5)15(4)21-20(23)22-16-9-7-6-8-10-16/h11-13,15-16H,6-10H2,1-5H3,(H2,21,22,23). The van der Waals surface area contributed by atoms with Crippen molar-refractivity contribution in [2.24, 2.45) is 0 Å². The molecule has 1 unspecified atom stereocenters. The highest BCUT2D eigenvalue weighted by Gasteiger charge is 2.19. The number of hydrogen-bond donors (Lipinski definition) is 2. The largest absolute Gasteiger partial charge is 0.496 e. The third kappa shape index (κ3) is 4.65. The zero-order valence-electron chi connectivity index (χ0n) is 15.7. The molecule has 2 amide bonds. The molecule has 2 rings (SSSR count). The quantitative estimate of drug-likeness (QED) is 0.812. The smallest absolute Gasteiger partial charge is 0.315 e. The number of nitrogens with one attached hydrogen (secondary N) is 2. The Balaban J connectivity index is 2.06. The SMILES string of the molecule is COc1cc(C)c(C(C)NC(=O)NC2CCCCC2)cc1C(C)C. The minimum absolute atomic E-state index is 0.0306. The van der Waals surface area contributed by atoms with Crippen molar-refractivity contribution in [1.82, 2.24) is 10.6 Å². The monoisotopic (exact) mass is 332 g/mol. The van der Waals surface area contributed by atoms with Gasteiger partial charge >= 0.3 is 6.03 Å². The Kier molecular flexibility index (Phi) is 6.52. The Hall–Kier alpha value is -1.71. The maximum absolute atomic E-state index is 12.3. The summed E-state index contributed by atoms with van der Waals surface area (Å²) in [5.41, 5.74) is 3.47. The maximum Gasteiger partial charge on any atom is 0.315 e. The Bertz CT molecular complexity index is 563. The van der Waals surface area contributed by atoms with Crippen molar-refractivity contribution >= 4 is 6.03 Å². The van der Waals surface area contributed by atoms with Crippen LogP contribution in [-0.4, -0.2) is 19.2 Å². The van der Waals surface area contributed by atoms with Crippen LogP contribution in [0.25, 0.3) is 0 Å². The summed E-state index contributed by atoms with van der Waals surface area (Å²) in [5.74, 6) is 1.30. The molecule has 134 valence electrons. The van der Waals surface area contributed by atoms with Gasteiger partial charge in [0.25, 0.3) is 0 Å². The number of aryl methyl sites for hydroxylation is 1. The molecule has 4 nitrogen and oxygen atoms in total. The second-order valence-corrected chi connectivity index (χ2v) is 7.28. The summed E-state index contributed by atoms with van der Waals surface area (Å²) < 4.78 is 5.50. The van der Waals surface area contributed by atoms with E-state index in [0.29, 0.717) is 12.0 Å². The summed E-state index contributed by atoms with van der Waals surface area (Å²) in [6.07, 6.45) is 5.92. The van der Waals surface area contributed by atoms with Gasteiger partial charge in [0, 0.05) is 6.04 Å². The molecule has 2 N–H and O–H groups in total. The van der Waals surface area contributed by atoms with Crippen molar-refractivity contribution in [2.45, 2.75) is 77.8 Å². The van der Waals surface area contributed by atoms with Crippen LogP contribution in [0, 0.1) is 6.92 Å². The van der Waals surface area contributed by atoms with Crippen molar-refractivity contribution in [3.63, 3.8) is 0 Å². The molecule has 1 fully saturated rings. The lowest BCUT2D eigenvalue weighted by atomic mass is 9.93. The zero-order valence-corrected chi connectivity index (χ0v) is 15.7. The van der Waals surface area contributed by atoms with Gasteiger partial charge in [0.05, 0.1) is 13.2 Å². The first kappa shape index (κ1) is 18.6. The first-order valence-corrected chi connectivity index (χ1v) is 9.17. The molecule has 0 bridgehead atoms. The Morgan fingerprint density at radius 2 is 1.79 bits per heavy atom. The van der Waals surface area contributed by atoms with E-state index < -0.39 is 0 Å². The van der Waals surface area contributed by atoms with Crippen LogP contribution in [0.2, 0.25) is 0 Å². The van der Waals surface area contributed by atoms with E-state index in [1.807, 2.05) is 6.92 Å². The summed E-state index contributed by atoms with van der Waals surface area (Å²) in [7, 11) is 1.71. The highest BCUT2D eigenvalue weighted by atomic mass is 16.5. The first-order valence-electron chi connectivity index (χ1n) is 9.17. The van der Waals surface area contributed by atoms with E-state index in [2.05, 4.69) is 43.5 Å². The fraction of sp³-hybridized carbons (Fsp3) is 0.650. The van der Waals surface area contributed by atoms with Crippen molar-refractivity contribution in [2.75, 3.05) is 7.11 Å². The van der Waals surface area contributed by atoms with Crippen LogP contribution in [0.5, 0.6) is 5.75 Å². The fourth-order valence-corrected chi connectivity index (χ4v) is 3.56. The van der Waals surface area contributed by atoms with Crippen molar-refractivity contribution in [3.8, 4) is 5.75 Å². The van der Waals surface area contributed by atoms with Gasteiger partial charge < -0.3 is 15.4 Å². The Morgan fingerprint density at radius 3 is 2.38 bits per heavy atom. The van der Waals surface area contributed by atoms with Gasteiger partial charge in [-0.25, -0.2) is 4.79 Å². The normalized spacial score (nSPS) is 16.8. The Labute approximate surface area is 146 Å². The number of benzene rings is 1. The van der Waals surface area contributed by atoms with Gasteiger partial charge in [-0.3, -0.25) is 0 Å². The van der Waals surface area contributed by atoms with E-state index in [-0.39, 0.29) is 12.1 Å². The lowest BCUT2D eigenvalue weighted by Crippen LogP contribution is -2.43. The van der Waals surface area contributed by atoms with Crippen molar-refractivity contribution in [1.29, 1.82) is 0 Å². The minimum atomic E-state index is -0.0595. The molecule has 1 saturated carbocycles. The predicted octanol–water partition coefficient (Wildman–Crippen LogP) is 4.82. The second kappa shape index (κ2) is 8.41. The first-order chi connectivity index (χ1) is 11.4. The highest BCUT2D eigenvalue weighted by Crippen LogP contribution is 2.32. The van der Waals surface area contributed by atoms with E-state index >= 15 is 0 Å². The van der Waals surface area contributed by atoms with Crippen LogP contribution in [0.1, 0.15) is 81.5 Å². The molecule has 0 heterocycles. The number of amides is 2. The molecule has 1 aliphatic carbocycles. The molecule has 24 heavy (non-hydrogen) atoms. The number of methoxy groups -OCH3 is 1. The molecule has 4 heteroatoms. The third-order valence-corrected chi connectivity index (χ3v) is 4.99. The molecular weight excluding hydrogens is 300 g/mol. The van der Waals surface area contributed by atoms with E-state index in [9.17, 15) is 4.79 Å². The van der Waals surface area contributed by atoms with Gasteiger partial charge in [0.2, 0.25) is 0 Å². The predicted molar refractivity (Wildman–Crippen MR) is 98.8 cm³/mol. The van der Waals surface area contributed by atoms with Crippen LogP contribution in [0.3, 0.4) is 0 Å². The molecule has 0 aromatic heterocycles. The lowest BCUT2D eigenvalue weighted by Gasteiger charge is -2.25. The maximum atomic E-state index is 12.3. The zero-order chi connectivity index (χ0) is 17.7. The van der Waals surface area contributed by atoms with Crippen LogP contribution in [-0.2, 0) is 0 Å². The van der Waals surface area contributed by atoms with E-state index in [1.54, 1.807) is 7.11 Å². The van der Waals surface area contributed by atoms with Gasteiger partial charge in [0.15, 0.2) is 0 Å². The summed E-state index contributed by atoms with van der Waals surface area (Å²) >= 11 is 0. The van der Waals surface area contributed by atoms with Crippen LogP contribution < -0.4 is 15.4 Å². The fourth-order valence-electron chi connectivity index (χ4n) is 3.56. The number of carbonyl (C=O) groups is 1. The molecule has 0 aliphatic heterocycles. The summed E-state index contributed by atoms with van der Waals surface area (Å²) in [4.78, 5) is 12.3. The lowest BCUT2D eigenvalue weighted by molar-refractivity contribution is 0.229. The van der Waals surface area contributed by atoms with Crippen LogP contribution >= 0.6 is 0 Å². The molecular formula is C20H32N2O2. The number of hydrogen-bond acceptors (Lipinski definition) is 2. The van der Waals surface area contributed by atoms with E-state index in [0.717, 1.165) is 29.7 Å². The number of urea groups is 1. The molecule has 1 atom stereocenters. The van der Waals surface area contributed by atoms with Crippen molar-refractivity contribution in [3.05, 3.63) is 28.8 Å². The van der Waals surface area contributed by atoms with Crippen LogP contribution in [0.4, 0.5) is 4.79 Å². The summed E-state index contributed by atoms with van der Waals surface area (Å²) in [5, 5.41) is 6.22. The third-order valence-electron chi connectivity index (χ3n) is 4.99. The van der Waals surface area contributed by atoms with Crippen molar-refractivity contribution < 1.29 is 9.53 Å². The van der Waals surface area contributed by atoms with Gasteiger partial charge in [-0.2, -0.15) is 0 Å². The summed E-state index contributed by atoms with van der Waals surface area (Å²) in [6, 6.07) is 4.48. The average molecular weight is 332 g/mol. The average Bonchev–Trinajstić information content (AvgIpc) is 2.54.